The summed E-state index contributed by atoms with van der Waals surface area (Å²) in [6.07, 6.45) is 6.27. The third-order valence-electron chi connectivity index (χ3n) is 1.23. The van der Waals surface area contributed by atoms with E-state index in [1.54, 1.807) is 6.07 Å². The molecule has 0 atom stereocenters. The molecule has 0 aliphatic rings. The molecule has 1 aromatic heterocycles. The molecule has 0 aliphatic carbocycles. The van der Waals surface area contributed by atoms with Gasteiger partial charge >= 0.3 is 0 Å². The maximum absolute atomic E-state index is 10.3. The van der Waals surface area contributed by atoms with Crippen molar-refractivity contribution in [2.24, 2.45) is 0 Å². The van der Waals surface area contributed by atoms with Crippen LogP contribution in [0.3, 0.4) is 0 Å². The van der Waals surface area contributed by atoms with Gasteiger partial charge in [0.2, 0.25) is 0 Å². The second-order valence-electron chi connectivity index (χ2n) is 2.10. The Morgan fingerprint density at radius 3 is 2.92 bits per heavy atom. The maximum Gasteiger partial charge on any atom is 0.287 e. The number of pyridine rings is 1. The number of hydrogen-bond donors (Lipinski definition) is 0. The van der Waals surface area contributed by atoms with Crippen LogP contribution in [0.2, 0.25) is 0 Å². The fourth-order valence-corrected chi connectivity index (χ4v) is 1.20. The zero-order valence-corrected chi connectivity index (χ0v) is 7.45. The Kier molecular flexibility index (Phi) is 3.29. The Morgan fingerprint density at radius 1 is 1.69 bits per heavy atom. The molecular formula is C8H6N2O2S. The molecule has 1 aromatic rings. The van der Waals surface area contributed by atoms with Gasteiger partial charge < -0.3 is 0 Å². The molecule has 1 rings (SSSR count). The predicted molar refractivity (Wildman–Crippen MR) is 50.4 cm³/mol. The topological polar surface area (TPSA) is 56.0 Å². The number of rotatable bonds is 3. The average Bonchev–Trinajstić information content (AvgIpc) is 2.15. The van der Waals surface area contributed by atoms with E-state index in [-0.39, 0.29) is 5.69 Å². The van der Waals surface area contributed by atoms with Gasteiger partial charge in [-0.25, -0.2) is 4.98 Å². The van der Waals surface area contributed by atoms with Gasteiger partial charge in [0.05, 0.1) is 15.7 Å². The lowest BCUT2D eigenvalue weighted by atomic mass is 10.4. The summed E-state index contributed by atoms with van der Waals surface area (Å²) >= 11 is 1.37. The highest BCUT2D eigenvalue weighted by atomic mass is 32.2. The van der Waals surface area contributed by atoms with Crippen molar-refractivity contribution in [1.29, 1.82) is 0 Å². The van der Waals surface area contributed by atoms with Crippen LogP contribution in [0.5, 0.6) is 0 Å². The summed E-state index contributed by atoms with van der Waals surface area (Å²) in [4.78, 5) is 13.6. The standard InChI is InChI=1S/C8H6N2O2S/c1-2-5-13-8-4-3-7(6-9-8)10(11)12/h1,3-4,6H,5H2. The highest BCUT2D eigenvalue weighted by Gasteiger charge is 2.04. The summed E-state index contributed by atoms with van der Waals surface area (Å²) in [6.45, 7) is 0. The zero-order valence-electron chi connectivity index (χ0n) is 6.64. The Morgan fingerprint density at radius 2 is 2.46 bits per heavy atom. The van der Waals surface area contributed by atoms with Crippen molar-refractivity contribution in [2.75, 3.05) is 5.75 Å². The molecule has 66 valence electrons. The van der Waals surface area contributed by atoms with Crippen LogP contribution in [-0.4, -0.2) is 15.7 Å². The largest absolute Gasteiger partial charge is 0.287 e. The van der Waals surface area contributed by atoms with Gasteiger partial charge in [-0.2, -0.15) is 0 Å². The van der Waals surface area contributed by atoms with E-state index in [1.807, 2.05) is 0 Å². The molecule has 0 bridgehead atoms. The molecule has 0 saturated heterocycles. The Balaban J connectivity index is 2.71. The van der Waals surface area contributed by atoms with E-state index < -0.39 is 4.92 Å². The monoisotopic (exact) mass is 194 g/mol. The number of terminal acetylenes is 1. The summed E-state index contributed by atoms with van der Waals surface area (Å²) < 4.78 is 0. The van der Waals surface area contributed by atoms with Crippen molar-refractivity contribution in [3.8, 4) is 12.3 Å². The number of aromatic nitrogens is 1. The van der Waals surface area contributed by atoms with E-state index in [0.717, 1.165) is 0 Å². The van der Waals surface area contributed by atoms with Crippen LogP contribution < -0.4 is 0 Å². The lowest BCUT2D eigenvalue weighted by Gasteiger charge is -1.94. The molecule has 0 aromatic carbocycles. The summed E-state index contributed by atoms with van der Waals surface area (Å²) in [5.41, 5.74) is -0.00921. The van der Waals surface area contributed by atoms with Gasteiger partial charge in [0, 0.05) is 6.07 Å². The van der Waals surface area contributed by atoms with Crippen molar-refractivity contribution >= 4 is 17.4 Å². The molecule has 5 heteroatoms. The van der Waals surface area contributed by atoms with Crippen molar-refractivity contribution in [2.45, 2.75) is 5.03 Å². The van der Waals surface area contributed by atoms with Crippen LogP contribution in [0.4, 0.5) is 5.69 Å². The minimum absolute atomic E-state index is 0.00921. The second-order valence-corrected chi connectivity index (χ2v) is 3.10. The first-order valence-electron chi connectivity index (χ1n) is 3.40. The van der Waals surface area contributed by atoms with E-state index in [1.165, 1.54) is 24.0 Å². The van der Waals surface area contributed by atoms with E-state index in [0.29, 0.717) is 10.8 Å². The second kappa shape index (κ2) is 4.48. The summed E-state index contributed by atoms with van der Waals surface area (Å²) in [5, 5.41) is 11.0. The molecular weight excluding hydrogens is 188 g/mol. The van der Waals surface area contributed by atoms with Gasteiger partial charge in [0.25, 0.3) is 5.69 Å². The third-order valence-corrected chi connectivity index (χ3v) is 2.08. The fourth-order valence-electron chi connectivity index (χ4n) is 0.681. The number of thioether (sulfide) groups is 1. The third kappa shape index (κ3) is 2.76. The fraction of sp³-hybridized carbons (Fsp3) is 0.125. The van der Waals surface area contributed by atoms with Gasteiger partial charge in [0.15, 0.2) is 0 Å². The van der Waals surface area contributed by atoms with Crippen molar-refractivity contribution < 1.29 is 4.92 Å². The van der Waals surface area contributed by atoms with Crippen LogP contribution in [0.1, 0.15) is 0 Å². The zero-order chi connectivity index (χ0) is 9.68. The molecule has 0 amide bonds. The Labute approximate surface area is 79.5 Å². The summed E-state index contributed by atoms with van der Waals surface area (Å²) in [7, 11) is 0. The van der Waals surface area contributed by atoms with E-state index in [2.05, 4.69) is 10.9 Å². The molecule has 0 aliphatic heterocycles. The van der Waals surface area contributed by atoms with Crippen LogP contribution in [0.15, 0.2) is 23.4 Å². The van der Waals surface area contributed by atoms with Crippen LogP contribution >= 0.6 is 11.8 Å². The van der Waals surface area contributed by atoms with Gasteiger partial charge in [-0.15, -0.1) is 6.42 Å². The molecule has 0 unspecified atom stereocenters. The van der Waals surface area contributed by atoms with E-state index in [9.17, 15) is 10.1 Å². The van der Waals surface area contributed by atoms with E-state index >= 15 is 0 Å². The maximum atomic E-state index is 10.3. The molecule has 0 saturated carbocycles. The Bertz CT molecular complexity index is 342. The first kappa shape index (κ1) is 9.55. The molecule has 0 spiro atoms. The molecule has 4 nitrogen and oxygen atoms in total. The van der Waals surface area contributed by atoms with Crippen molar-refractivity contribution in [3.05, 3.63) is 28.4 Å². The highest BCUT2D eigenvalue weighted by molar-refractivity contribution is 7.99. The quantitative estimate of drug-likeness (QED) is 0.318. The van der Waals surface area contributed by atoms with Crippen LogP contribution in [0, 0.1) is 22.5 Å². The predicted octanol–water partition coefficient (Wildman–Crippen LogP) is 1.72. The van der Waals surface area contributed by atoms with Crippen molar-refractivity contribution in [1.82, 2.24) is 4.98 Å². The first-order valence-corrected chi connectivity index (χ1v) is 4.39. The minimum Gasteiger partial charge on any atom is -0.258 e. The highest BCUT2D eigenvalue weighted by Crippen LogP contribution is 2.17. The number of nitro groups is 1. The molecule has 13 heavy (non-hydrogen) atoms. The van der Waals surface area contributed by atoms with E-state index in [4.69, 9.17) is 6.42 Å². The van der Waals surface area contributed by atoms with Crippen LogP contribution in [-0.2, 0) is 0 Å². The van der Waals surface area contributed by atoms with Gasteiger partial charge in [-0.3, -0.25) is 10.1 Å². The molecule has 0 N–H and O–H groups in total. The van der Waals surface area contributed by atoms with Gasteiger partial charge in [-0.1, -0.05) is 17.7 Å². The molecule has 0 fully saturated rings. The Hall–Kier alpha value is -1.54. The van der Waals surface area contributed by atoms with Gasteiger partial charge in [-0.05, 0) is 6.07 Å². The summed E-state index contributed by atoms with van der Waals surface area (Å²) in [5.74, 6) is 2.96. The molecule has 0 radical (unpaired) electrons. The first-order chi connectivity index (χ1) is 6.24. The smallest absolute Gasteiger partial charge is 0.258 e. The normalized spacial score (nSPS) is 9.15. The lowest BCUT2D eigenvalue weighted by Crippen LogP contribution is -1.89. The minimum atomic E-state index is -0.484. The van der Waals surface area contributed by atoms with Crippen LogP contribution in [0.25, 0.3) is 0 Å². The lowest BCUT2D eigenvalue weighted by molar-refractivity contribution is -0.385. The summed E-state index contributed by atoms with van der Waals surface area (Å²) in [6, 6.07) is 2.99. The molecule has 1 heterocycles. The number of nitrogens with zero attached hydrogens (tertiary/aromatic N) is 2. The van der Waals surface area contributed by atoms with Crippen molar-refractivity contribution in [3.63, 3.8) is 0 Å². The average molecular weight is 194 g/mol. The van der Waals surface area contributed by atoms with Gasteiger partial charge in [0.1, 0.15) is 6.20 Å². The number of hydrogen-bond acceptors (Lipinski definition) is 4. The SMILES string of the molecule is C#CCSc1ccc([N+](=O)[O-])cn1.